The van der Waals surface area contributed by atoms with Crippen LogP contribution in [0, 0.1) is 0 Å². The zero-order valence-electron chi connectivity index (χ0n) is 16.5. The molecule has 0 spiro atoms. The van der Waals surface area contributed by atoms with Crippen molar-refractivity contribution in [1.82, 2.24) is 10.2 Å². The standard InChI is InChI=1S/C24H21N3O3/c1-16(28)18-8-5-9-19(12-18)20-10-11-21-22(13-20)26-27-24(21)25-23(29)15-30-14-17-6-3-2-4-7-17/h2-13H,14-15H2,1H3,(H2,25,26,27,29). The van der Waals surface area contributed by atoms with E-state index in [0.717, 1.165) is 27.6 Å². The summed E-state index contributed by atoms with van der Waals surface area (Å²) in [6.45, 7) is 1.87. The molecule has 0 aliphatic carbocycles. The maximum Gasteiger partial charge on any atom is 0.251 e. The second kappa shape index (κ2) is 8.71. The molecule has 150 valence electrons. The Morgan fingerprint density at radius 2 is 1.77 bits per heavy atom. The summed E-state index contributed by atoms with van der Waals surface area (Å²) in [6.07, 6.45) is 0. The average Bonchev–Trinajstić information content (AvgIpc) is 3.16. The number of H-pyrrole nitrogens is 1. The highest BCUT2D eigenvalue weighted by atomic mass is 16.5. The lowest BCUT2D eigenvalue weighted by molar-refractivity contribution is -0.121. The Bertz CT molecular complexity index is 1200. The molecule has 0 atom stereocenters. The van der Waals surface area contributed by atoms with Crippen molar-refractivity contribution >= 4 is 28.4 Å². The van der Waals surface area contributed by atoms with Crippen molar-refractivity contribution in [2.45, 2.75) is 13.5 Å². The number of benzene rings is 3. The lowest BCUT2D eigenvalue weighted by Crippen LogP contribution is -2.18. The van der Waals surface area contributed by atoms with Gasteiger partial charge in [-0.1, -0.05) is 54.6 Å². The Balaban J connectivity index is 1.44. The number of ether oxygens (including phenoxy) is 1. The van der Waals surface area contributed by atoms with E-state index in [9.17, 15) is 9.59 Å². The quantitative estimate of drug-likeness (QED) is 0.445. The fourth-order valence-electron chi connectivity index (χ4n) is 3.22. The molecule has 4 aromatic rings. The third-order valence-corrected chi connectivity index (χ3v) is 4.77. The van der Waals surface area contributed by atoms with Crippen LogP contribution in [0.15, 0.2) is 72.8 Å². The number of ketones is 1. The fourth-order valence-corrected chi connectivity index (χ4v) is 3.22. The van der Waals surface area contributed by atoms with Gasteiger partial charge in [0, 0.05) is 10.9 Å². The molecule has 30 heavy (non-hydrogen) atoms. The van der Waals surface area contributed by atoms with Crippen LogP contribution in [0.4, 0.5) is 5.82 Å². The van der Waals surface area contributed by atoms with Gasteiger partial charge in [-0.3, -0.25) is 14.7 Å². The van der Waals surface area contributed by atoms with Gasteiger partial charge in [0.15, 0.2) is 11.6 Å². The third-order valence-electron chi connectivity index (χ3n) is 4.77. The number of aromatic nitrogens is 2. The first-order valence-corrected chi connectivity index (χ1v) is 9.61. The first kappa shape index (κ1) is 19.5. The Labute approximate surface area is 173 Å². The maximum atomic E-state index is 12.2. The van der Waals surface area contributed by atoms with Gasteiger partial charge in [-0.05, 0) is 41.8 Å². The van der Waals surface area contributed by atoms with Gasteiger partial charge in [0.05, 0.1) is 12.1 Å². The van der Waals surface area contributed by atoms with E-state index < -0.39 is 0 Å². The monoisotopic (exact) mass is 399 g/mol. The predicted octanol–water partition coefficient (Wildman–Crippen LogP) is 4.59. The van der Waals surface area contributed by atoms with Gasteiger partial charge in [-0.15, -0.1) is 0 Å². The molecule has 0 saturated carbocycles. The smallest absolute Gasteiger partial charge is 0.251 e. The van der Waals surface area contributed by atoms with Gasteiger partial charge in [-0.2, -0.15) is 5.10 Å². The van der Waals surface area contributed by atoms with Gasteiger partial charge < -0.3 is 10.1 Å². The number of nitrogens with zero attached hydrogens (tertiary/aromatic N) is 1. The molecule has 3 aromatic carbocycles. The highest BCUT2D eigenvalue weighted by Crippen LogP contribution is 2.27. The minimum Gasteiger partial charge on any atom is -0.367 e. The number of hydrogen-bond donors (Lipinski definition) is 2. The van der Waals surface area contributed by atoms with Crippen LogP contribution >= 0.6 is 0 Å². The number of amides is 1. The number of Topliss-reactive ketones (excluding diaryl/α,β-unsaturated/α-hetero) is 1. The first-order chi connectivity index (χ1) is 14.6. The molecule has 0 radical (unpaired) electrons. The molecular formula is C24H21N3O3. The minimum absolute atomic E-state index is 0.0268. The van der Waals surface area contributed by atoms with Crippen LogP contribution in [0.2, 0.25) is 0 Å². The van der Waals surface area contributed by atoms with Crippen LogP contribution in [0.1, 0.15) is 22.8 Å². The molecule has 0 unspecified atom stereocenters. The lowest BCUT2D eigenvalue weighted by atomic mass is 10.0. The zero-order chi connectivity index (χ0) is 20.9. The number of nitrogens with one attached hydrogen (secondary N) is 2. The molecular weight excluding hydrogens is 378 g/mol. The van der Waals surface area contributed by atoms with Crippen LogP contribution in [0.3, 0.4) is 0 Å². The Hall–Kier alpha value is -3.77. The van der Waals surface area contributed by atoms with Crippen LogP contribution < -0.4 is 5.32 Å². The predicted molar refractivity (Wildman–Crippen MR) is 116 cm³/mol. The van der Waals surface area contributed by atoms with Gasteiger partial charge in [0.1, 0.15) is 6.61 Å². The number of fused-ring (bicyclic) bond motifs is 1. The SMILES string of the molecule is CC(=O)c1cccc(-c2ccc3c(NC(=O)COCc4ccccc4)n[nH]c3c2)c1. The van der Waals surface area contributed by atoms with E-state index in [1.807, 2.05) is 66.7 Å². The molecule has 2 N–H and O–H groups in total. The molecule has 1 amide bonds. The molecule has 1 heterocycles. The minimum atomic E-state index is -0.266. The van der Waals surface area contributed by atoms with Crippen molar-refractivity contribution in [3.8, 4) is 11.1 Å². The number of carbonyl (C=O) groups is 2. The lowest BCUT2D eigenvalue weighted by Gasteiger charge is -2.06. The molecule has 1 aromatic heterocycles. The van der Waals surface area contributed by atoms with Gasteiger partial charge in [-0.25, -0.2) is 0 Å². The largest absolute Gasteiger partial charge is 0.367 e. The van der Waals surface area contributed by atoms with Crippen molar-refractivity contribution in [3.05, 3.63) is 83.9 Å². The molecule has 0 fully saturated rings. The van der Waals surface area contributed by atoms with Crippen LogP contribution in [0.5, 0.6) is 0 Å². The van der Waals surface area contributed by atoms with E-state index in [1.54, 1.807) is 13.0 Å². The summed E-state index contributed by atoms with van der Waals surface area (Å²) in [6, 6.07) is 23.0. The molecule has 6 heteroatoms. The van der Waals surface area contributed by atoms with Crippen LogP contribution in [-0.4, -0.2) is 28.5 Å². The van der Waals surface area contributed by atoms with Crippen molar-refractivity contribution in [3.63, 3.8) is 0 Å². The van der Waals surface area contributed by atoms with Gasteiger partial charge in [0.25, 0.3) is 5.91 Å². The Morgan fingerprint density at radius 3 is 2.57 bits per heavy atom. The van der Waals surface area contributed by atoms with Gasteiger partial charge in [0.2, 0.25) is 0 Å². The summed E-state index contributed by atoms with van der Waals surface area (Å²) in [4.78, 5) is 23.8. The van der Waals surface area contributed by atoms with Crippen molar-refractivity contribution < 1.29 is 14.3 Å². The van der Waals surface area contributed by atoms with Crippen LogP contribution in [0.25, 0.3) is 22.0 Å². The fraction of sp³-hybridized carbons (Fsp3) is 0.125. The Kier molecular flexibility index (Phi) is 5.68. The van der Waals surface area contributed by atoms with E-state index in [0.29, 0.717) is 18.0 Å². The van der Waals surface area contributed by atoms with E-state index in [2.05, 4.69) is 15.5 Å². The zero-order valence-corrected chi connectivity index (χ0v) is 16.5. The number of aromatic amines is 1. The topological polar surface area (TPSA) is 84.1 Å². The molecule has 0 aliphatic rings. The highest BCUT2D eigenvalue weighted by Gasteiger charge is 2.11. The van der Waals surface area contributed by atoms with E-state index >= 15 is 0 Å². The summed E-state index contributed by atoms with van der Waals surface area (Å²) in [7, 11) is 0. The van der Waals surface area contributed by atoms with Gasteiger partial charge >= 0.3 is 0 Å². The third kappa shape index (κ3) is 4.45. The number of anilines is 1. The van der Waals surface area contributed by atoms with E-state index in [1.165, 1.54) is 0 Å². The second-order valence-corrected chi connectivity index (χ2v) is 7.00. The van der Waals surface area contributed by atoms with E-state index in [-0.39, 0.29) is 18.3 Å². The summed E-state index contributed by atoms with van der Waals surface area (Å²) < 4.78 is 5.47. The van der Waals surface area contributed by atoms with Crippen LogP contribution in [-0.2, 0) is 16.1 Å². The molecule has 6 nitrogen and oxygen atoms in total. The van der Waals surface area contributed by atoms with E-state index in [4.69, 9.17) is 4.74 Å². The summed E-state index contributed by atoms with van der Waals surface area (Å²) in [5.41, 5.74) is 4.37. The second-order valence-electron chi connectivity index (χ2n) is 7.00. The molecule has 0 bridgehead atoms. The molecule has 0 aliphatic heterocycles. The van der Waals surface area contributed by atoms with Crippen molar-refractivity contribution in [2.75, 3.05) is 11.9 Å². The number of carbonyl (C=O) groups excluding carboxylic acids is 2. The number of hydrogen-bond acceptors (Lipinski definition) is 4. The highest BCUT2D eigenvalue weighted by molar-refractivity contribution is 6.01. The first-order valence-electron chi connectivity index (χ1n) is 9.61. The summed E-state index contributed by atoms with van der Waals surface area (Å²) in [5.74, 6) is 0.221. The number of rotatable bonds is 7. The summed E-state index contributed by atoms with van der Waals surface area (Å²) in [5, 5.41) is 10.8. The van der Waals surface area contributed by atoms with Crippen molar-refractivity contribution in [1.29, 1.82) is 0 Å². The van der Waals surface area contributed by atoms with Crippen molar-refractivity contribution in [2.24, 2.45) is 0 Å². The normalized spacial score (nSPS) is 10.8. The molecule has 4 rings (SSSR count). The Morgan fingerprint density at radius 1 is 0.967 bits per heavy atom. The maximum absolute atomic E-state index is 12.2. The molecule has 0 saturated heterocycles. The average molecular weight is 399 g/mol. The summed E-state index contributed by atoms with van der Waals surface area (Å²) >= 11 is 0.